The molecule has 1 aliphatic rings. The number of rotatable bonds is 10. The molecule has 0 saturated carbocycles. The number of nitrogens with zero attached hydrogens (tertiary/aromatic N) is 2. The maximum Gasteiger partial charge on any atom is 0.248 e. The lowest BCUT2D eigenvalue weighted by Gasteiger charge is -2.36. The van der Waals surface area contributed by atoms with Crippen LogP contribution in [0.2, 0.25) is 0 Å². The van der Waals surface area contributed by atoms with Gasteiger partial charge in [-0.25, -0.2) is 4.39 Å². The van der Waals surface area contributed by atoms with Crippen LogP contribution in [0, 0.1) is 5.82 Å². The van der Waals surface area contributed by atoms with E-state index in [1.807, 2.05) is 11.8 Å². The van der Waals surface area contributed by atoms with Crippen molar-refractivity contribution in [3.05, 3.63) is 30.1 Å². The number of carbonyl (C=O) groups is 2. The van der Waals surface area contributed by atoms with E-state index in [1.54, 1.807) is 23.1 Å². The number of nitrogens with one attached hydrogen (secondary N) is 1. The van der Waals surface area contributed by atoms with Gasteiger partial charge in [-0.1, -0.05) is 38.3 Å². The standard InChI is InChI=1S/C21H32FN3O3/c1-3-4-5-8-17(2)23-20(26)15-28-16-21(27)25-13-11-24(12-14-25)19-10-7-6-9-18(19)22/h6-7,9-10,17H,3-5,8,11-16H2,1-2H3,(H,23,26)/t17-/m0/s1. The molecular formula is C21H32FN3O3. The average Bonchev–Trinajstić information content (AvgIpc) is 2.68. The normalized spacial score (nSPS) is 15.4. The van der Waals surface area contributed by atoms with Gasteiger partial charge in [0.15, 0.2) is 0 Å². The Morgan fingerprint density at radius 1 is 1.14 bits per heavy atom. The summed E-state index contributed by atoms with van der Waals surface area (Å²) in [6, 6.07) is 6.77. The van der Waals surface area contributed by atoms with Crippen LogP contribution >= 0.6 is 0 Å². The predicted molar refractivity (Wildman–Crippen MR) is 108 cm³/mol. The van der Waals surface area contributed by atoms with Gasteiger partial charge < -0.3 is 19.9 Å². The first kappa shape index (κ1) is 22.1. The minimum absolute atomic E-state index is 0.112. The predicted octanol–water partition coefficient (Wildman–Crippen LogP) is 2.58. The van der Waals surface area contributed by atoms with E-state index in [1.165, 1.54) is 6.07 Å². The van der Waals surface area contributed by atoms with Crippen LogP contribution in [0.4, 0.5) is 10.1 Å². The first-order valence-electron chi connectivity index (χ1n) is 10.2. The second kappa shape index (κ2) is 11.6. The Kier molecular flexibility index (Phi) is 9.20. The van der Waals surface area contributed by atoms with Crippen molar-refractivity contribution < 1.29 is 18.7 Å². The van der Waals surface area contributed by atoms with Gasteiger partial charge in [-0.3, -0.25) is 9.59 Å². The van der Waals surface area contributed by atoms with Crippen LogP contribution in [-0.2, 0) is 14.3 Å². The highest BCUT2D eigenvalue weighted by Gasteiger charge is 2.22. The van der Waals surface area contributed by atoms with Crippen molar-refractivity contribution in [3.63, 3.8) is 0 Å². The number of benzene rings is 1. The largest absolute Gasteiger partial charge is 0.366 e. The lowest BCUT2D eigenvalue weighted by molar-refractivity contribution is -0.138. The number of piperazine rings is 1. The van der Waals surface area contributed by atoms with Crippen LogP contribution in [0.1, 0.15) is 39.5 Å². The van der Waals surface area contributed by atoms with E-state index in [2.05, 4.69) is 12.2 Å². The molecule has 1 atom stereocenters. The number of anilines is 1. The van der Waals surface area contributed by atoms with Crippen molar-refractivity contribution in [1.29, 1.82) is 0 Å². The molecule has 1 N–H and O–H groups in total. The van der Waals surface area contributed by atoms with Gasteiger partial charge in [0.1, 0.15) is 19.0 Å². The topological polar surface area (TPSA) is 61.9 Å². The second-order valence-electron chi connectivity index (χ2n) is 7.28. The Bertz CT molecular complexity index is 633. The first-order chi connectivity index (χ1) is 13.5. The lowest BCUT2D eigenvalue weighted by Crippen LogP contribution is -2.50. The number of para-hydroxylation sites is 1. The van der Waals surface area contributed by atoms with Crippen LogP contribution in [0.25, 0.3) is 0 Å². The van der Waals surface area contributed by atoms with Crippen LogP contribution in [0.3, 0.4) is 0 Å². The third kappa shape index (κ3) is 7.11. The molecule has 1 heterocycles. The highest BCUT2D eigenvalue weighted by Crippen LogP contribution is 2.20. The number of ether oxygens (including phenoxy) is 1. The fraction of sp³-hybridized carbons (Fsp3) is 0.619. The molecule has 1 fully saturated rings. The van der Waals surface area contributed by atoms with Crippen molar-refractivity contribution in [3.8, 4) is 0 Å². The Labute approximate surface area is 167 Å². The van der Waals surface area contributed by atoms with Crippen molar-refractivity contribution >= 4 is 17.5 Å². The smallest absolute Gasteiger partial charge is 0.248 e. The number of halogens is 1. The first-order valence-corrected chi connectivity index (χ1v) is 10.2. The summed E-state index contributed by atoms with van der Waals surface area (Å²) in [5, 5.41) is 2.89. The van der Waals surface area contributed by atoms with Gasteiger partial charge in [-0.2, -0.15) is 0 Å². The van der Waals surface area contributed by atoms with Crippen LogP contribution in [-0.4, -0.2) is 62.1 Å². The van der Waals surface area contributed by atoms with Gasteiger partial charge in [0.2, 0.25) is 11.8 Å². The van der Waals surface area contributed by atoms with E-state index < -0.39 is 0 Å². The molecule has 1 aliphatic heterocycles. The summed E-state index contributed by atoms with van der Waals surface area (Å²) in [6.45, 7) is 6.07. The zero-order chi connectivity index (χ0) is 20.4. The maximum absolute atomic E-state index is 13.9. The van der Waals surface area contributed by atoms with Gasteiger partial charge in [-0.15, -0.1) is 0 Å². The molecule has 2 amide bonds. The van der Waals surface area contributed by atoms with Crippen LogP contribution < -0.4 is 10.2 Å². The van der Waals surface area contributed by atoms with E-state index in [0.717, 1.165) is 25.7 Å². The summed E-state index contributed by atoms with van der Waals surface area (Å²) in [7, 11) is 0. The molecule has 1 saturated heterocycles. The van der Waals surface area contributed by atoms with Gasteiger partial charge in [0.05, 0.1) is 5.69 Å². The lowest BCUT2D eigenvalue weighted by atomic mass is 10.1. The van der Waals surface area contributed by atoms with Crippen molar-refractivity contribution in [1.82, 2.24) is 10.2 Å². The minimum atomic E-state index is -0.249. The molecule has 0 aromatic heterocycles. The fourth-order valence-electron chi connectivity index (χ4n) is 3.32. The SMILES string of the molecule is CCCCC[C@H](C)NC(=O)COCC(=O)N1CCN(c2ccccc2F)CC1. The molecule has 0 aliphatic carbocycles. The number of amides is 2. The Morgan fingerprint density at radius 2 is 1.86 bits per heavy atom. The van der Waals surface area contributed by atoms with Gasteiger partial charge in [0, 0.05) is 32.2 Å². The Morgan fingerprint density at radius 3 is 2.54 bits per heavy atom. The summed E-state index contributed by atoms with van der Waals surface area (Å²) >= 11 is 0. The monoisotopic (exact) mass is 393 g/mol. The highest BCUT2D eigenvalue weighted by atomic mass is 19.1. The average molecular weight is 394 g/mol. The molecule has 156 valence electrons. The molecule has 0 bridgehead atoms. The molecule has 7 heteroatoms. The van der Waals surface area contributed by atoms with E-state index >= 15 is 0 Å². The quantitative estimate of drug-likeness (QED) is 0.621. The highest BCUT2D eigenvalue weighted by molar-refractivity contribution is 5.80. The van der Waals surface area contributed by atoms with Gasteiger partial charge in [0.25, 0.3) is 0 Å². The molecular weight excluding hydrogens is 361 g/mol. The van der Waals surface area contributed by atoms with Crippen molar-refractivity contribution in [2.24, 2.45) is 0 Å². The van der Waals surface area contributed by atoms with E-state index in [4.69, 9.17) is 4.74 Å². The fourth-order valence-corrected chi connectivity index (χ4v) is 3.32. The summed E-state index contributed by atoms with van der Waals surface area (Å²) in [5.41, 5.74) is 0.565. The maximum atomic E-state index is 13.9. The third-order valence-corrected chi connectivity index (χ3v) is 4.93. The van der Waals surface area contributed by atoms with Gasteiger partial charge in [-0.05, 0) is 25.5 Å². The van der Waals surface area contributed by atoms with E-state index in [0.29, 0.717) is 31.9 Å². The third-order valence-electron chi connectivity index (χ3n) is 4.93. The van der Waals surface area contributed by atoms with Crippen molar-refractivity contribution in [2.75, 3.05) is 44.3 Å². The molecule has 2 rings (SSSR count). The van der Waals surface area contributed by atoms with Crippen molar-refractivity contribution in [2.45, 2.75) is 45.6 Å². The Hall–Kier alpha value is -2.15. The molecule has 0 radical (unpaired) electrons. The molecule has 1 aromatic rings. The van der Waals surface area contributed by atoms with E-state index in [9.17, 15) is 14.0 Å². The summed E-state index contributed by atoms with van der Waals surface area (Å²) in [6.07, 6.45) is 4.36. The van der Waals surface area contributed by atoms with Gasteiger partial charge >= 0.3 is 0 Å². The Balaban J connectivity index is 1.64. The molecule has 0 spiro atoms. The molecule has 6 nitrogen and oxygen atoms in total. The second-order valence-corrected chi connectivity index (χ2v) is 7.28. The van der Waals surface area contributed by atoms with E-state index in [-0.39, 0.29) is 36.9 Å². The summed E-state index contributed by atoms with van der Waals surface area (Å²) in [5.74, 6) is -0.585. The summed E-state index contributed by atoms with van der Waals surface area (Å²) < 4.78 is 19.2. The minimum Gasteiger partial charge on any atom is -0.366 e. The number of carbonyl (C=O) groups excluding carboxylic acids is 2. The number of hydrogen-bond acceptors (Lipinski definition) is 4. The van der Waals surface area contributed by atoms with Crippen LogP contribution in [0.15, 0.2) is 24.3 Å². The number of unbranched alkanes of at least 4 members (excludes halogenated alkanes) is 2. The zero-order valence-electron chi connectivity index (χ0n) is 17.0. The molecule has 0 unspecified atom stereocenters. The number of hydrogen-bond donors (Lipinski definition) is 1. The molecule has 28 heavy (non-hydrogen) atoms. The summed E-state index contributed by atoms with van der Waals surface area (Å²) in [4.78, 5) is 27.8. The molecule has 1 aromatic carbocycles. The zero-order valence-corrected chi connectivity index (χ0v) is 17.0. The van der Waals surface area contributed by atoms with Crippen LogP contribution in [0.5, 0.6) is 0 Å².